The van der Waals surface area contributed by atoms with Crippen LogP contribution in [0, 0.1) is 0 Å². The summed E-state index contributed by atoms with van der Waals surface area (Å²) in [5.41, 5.74) is 2.01. The molecule has 0 radical (unpaired) electrons. The first-order chi connectivity index (χ1) is 11.1. The van der Waals surface area contributed by atoms with Crippen molar-refractivity contribution in [3.63, 3.8) is 0 Å². The molecule has 114 valence electrons. The third-order valence-electron chi connectivity index (χ3n) is 4.09. The van der Waals surface area contributed by atoms with Crippen LogP contribution in [0.2, 0.25) is 0 Å². The summed E-state index contributed by atoms with van der Waals surface area (Å²) in [4.78, 5) is 12.4. The Hall–Kier alpha value is -2.24. The first-order valence-corrected chi connectivity index (χ1v) is 9.76. The number of carbonyl (C=O) groups is 1. The second kappa shape index (κ2) is 6.89. The van der Waals surface area contributed by atoms with Gasteiger partial charge in [-0.15, -0.1) is 0 Å². The van der Waals surface area contributed by atoms with Crippen LogP contribution in [0.3, 0.4) is 0 Å². The largest absolute Gasteiger partial charge is 0.294 e. The van der Waals surface area contributed by atoms with E-state index in [9.17, 15) is 4.79 Å². The molecule has 0 aromatic heterocycles. The van der Waals surface area contributed by atoms with Gasteiger partial charge < -0.3 is 0 Å². The summed E-state index contributed by atoms with van der Waals surface area (Å²) in [7, 11) is -0.300. The van der Waals surface area contributed by atoms with Gasteiger partial charge in [0.1, 0.15) is 19.5 Å². The Balaban J connectivity index is 1.69. The fraction of sp³-hybridized carbons (Fsp3) is 0.143. The van der Waals surface area contributed by atoms with Gasteiger partial charge in [0.15, 0.2) is 5.78 Å². The summed E-state index contributed by atoms with van der Waals surface area (Å²) in [6.45, 7) is 2.15. The number of hydrogen-bond donors (Lipinski definition) is 0. The lowest BCUT2D eigenvalue weighted by Gasteiger charge is -2.04. The smallest absolute Gasteiger partial charge is 0.163 e. The first kappa shape index (κ1) is 15.6. The van der Waals surface area contributed by atoms with E-state index in [2.05, 4.69) is 43.3 Å². The average Bonchev–Trinajstić information content (AvgIpc) is 2.59. The molecule has 2 heteroatoms. The number of benzene rings is 3. The van der Waals surface area contributed by atoms with E-state index in [0.29, 0.717) is 6.42 Å². The van der Waals surface area contributed by atoms with Crippen molar-refractivity contribution in [3.05, 3.63) is 77.9 Å². The van der Waals surface area contributed by atoms with Crippen molar-refractivity contribution in [1.82, 2.24) is 0 Å². The number of carbonyl (C=O) groups excluding carboxylic acids is 1. The Labute approximate surface area is 138 Å². The van der Waals surface area contributed by atoms with E-state index < -0.39 is 0 Å². The van der Waals surface area contributed by atoms with Gasteiger partial charge in [-0.3, -0.25) is 4.79 Å². The van der Waals surface area contributed by atoms with Crippen LogP contribution in [-0.2, 0) is 6.42 Å². The monoisotopic (exact) mass is 319 g/mol. The minimum absolute atomic E-state index is 0.203. The Morgan fingerprint density at radius 2 is 1.65 bits per heavy atom. The maximum Gasteiger partial charge on any atom is 0.163 e. The molecule has 0 aliphatic heterocycles. The maximum atomic E-state index is 12.4. The Morgan fingerprint density at radius 1 is 0.957 bits per heavy atom. The molecule has 1 atom stereocenters. The molecule has 0 spiro atoms. The van der Waals surface area contributed by atoms with Crippen LogP contribution < -0.4 is 5.30 Å². The lowest BCUT2D eigenvalue weighted by atomic mass is 10.00. The summed E-state index contributed by atoms with van der Waals surface area (Å²) in [6.07, 6.45) is 5.41. The summed E-state index contributed by atoms with van der Waals surface area (Å²) >= 11 is 0. The zero-order valence-electron chi connectivity index (χ0n) is 13.3. The highest BCUT2D eigenvalue weighted by Gasteiger charge is 2.08. The number of hydrogen-bond acceptors (Lipinski definition) is 1. The summed E-state index contributed by atoms with van der Waals surface area (Å²) in [6, 6.07) is 22.6. The number of rotatable bonds is 5. The second-order valence-corrected chi connectivity index (χ2v) is 7.76. The van der Waals surface area contributed by atoms with E-state index in [0.717, 1.165) is 17.4 Å². The van der Waals surface area contributed by atoms with Crippen LogP contribution in [0.25, 0.3) is 10.8 Å². The Morgan fingerprint density at radius 3 is 2.35 bits per heavy atom. The van der Waals surface area contributed by atoms with Crippen molar-refractivity contribution < 1.29 is 4.79 Å². The normalized spacial score (nSPS) is 11.4. The third-order valence-corrected chi connectivity index (χ3v) is 5.27. The van der Waals surface area contributed by atoms with Crippen molar-refractivity contribution >= 4 is 35.7 Å². The Kier molecular flexibility index (Phi) is 4.69. The predicted octanol–water partition coefficient (Wildman–Crippen LogP) is 4.82. The highest BCUT2D eigenvalue weighted by atomic mass is 31.1. The molecule has 1 nitrogen and oxygen atoms in total. The molecule has 0 heterocycles. The van der Waals surface area contributed by atoms with E-state index in [4.69, 9.17) is 0 Å². The van der Waals surface area contributed by atoms with Crippen molar-refractivity contribution in [3.8, 4) is 0 Å². The molecule has 1 unspecified atom stereocenters. The van der Waals surface area contributed by atoms with Crippen LogP contribution >= 0.6 is 7.55 Å². The van der Waals surface area contributed by atoms with Gasteiger partial charge in [0.25, 0.3) is 0 Å². The fourth-order valence-electron chi connectivity index (χ4n) is 2.68. The predicted molar refractivity (Wildman–Crippen MR) is 103 cm³/mol. The van der Waals surface area contributed by atoms with Crippen LogP contribution in [-0.4, -0.2) is 18.7 Å². The van der Waals surface area contributed by atoms with E-state index in [1.54, 1.807) is 0 Å². The molecule has 0 amide bonds. The van der Waals surface area contributed by atoms with Gasteiger partial charge in [-0.25, -0.2) is 0 Å². The zero-order valence-corrected chi connectivity index (χ0v) is 14.2. The van der Waals surface area contributed by atoms with Crippen LogP contribution in [0.5, 0.6) is 0 Å². The number of ketones is 1. The maximum absolute atomic E-state index is 12.4. The van der Waals surface area contributed by atoms with Crippen molar-refractivity contribution in [2.45, 2.75) is 12.8 Å². The minimum Gasteiger partial charge on any atom is -0.294 e. The summed E-state index contributed by atoms with van der Waals surface area (Å²) in [5.74, 6) is 0.203. The van der Waals surface area contributed by atoms with Gasteiger partial charge in [-0.05, 0) is 41.0 Å². The molecule has 0 fully saturated rings. The molecular formula is C21H20OP+. The van der Waals surface area contributed by atoms with E-state index in [1.165, 1.54) is 16.3 Å². The quantitative estimate of drug-likeness (QED) is 0.486. The lowest BCUT2D eigenvalue weighted by molar-refractivity contribution is 0.0983. The van der Waals surface area contributed by atoms with Gasteiger partial charge in [-0.1, -0.05) is 48.5 Å². The Bertz CT molecular complexity index is 862. The van der Waals surface area contributed by atoms with Gasteiger partial charge >= 0.3 is 0 Å². The molecule has 0 saturated carbocycles. The van der Waals surface area contributed by atoms with E-state index in [-0.39, 0.29) is 13.3 Å². The SMILES string of the molecule is C=[P+](C)c1ccc(CCC(=O)c2ccc3ccccc3c2)cc1. The molecule has 0 saturated heterocycles. The van der Waals surface area contributed by atoms with E-state index in [1.807, 2.05) is 36.4 Å². The molecule has 0 aliphatic carbocycles. The van der Waals surface area contributed by atoms with Crippen molar-refractivity contribution in [2.75, 3.05) is 6.66 Å². The molecule has 23 heavy (non-hydrogen) atoms. The minimum atomic E-state index is -0.300. The molecule has 0 N–H and O–H groups in total. The average molecular weight is 319 g/mol. The zero-order chi connectivity index (χ0) is 16.2. The van der Waals surface area contributed by atoms with E-state index >= 15 is 0 Å². The van der Waals surface area contributed by atoms with Crippen molar-refractivity contribution in [2.24, 2.45) is 0 Å². The van der Waals surface area contributed by atoms with Gasteiger partial charge in [0.2, 0.25) is 0 Å². The summed E-state index contributed by atoms with van der Waals surface area (Å²) in [5, 5.41) is 3.59. The third kappa shape index (κ3) is 3.75. The second-order valence-electron chi connectivity index (χ2n) is 5.85. The molecule has 0 aliphatic rings. The van der Waals surface area contributed by atoms with Crippen LogP contribution in [0.15, 0.2) is 66.7 Å². The molecule has 3 aromatic carbocycles. The summed E-state index contributed by atoms with van der Waals surface area (Å²) < 4.78 is 0. The van der Waals surface area contributed by atoms with Gasteiger partial charge in [0.05, 0.1) is 6.30 Å². The number of aryl methyl sites for hydroxylation is 1. The molecular weight excluding hydrogens is 299 g/mol. The first-order valence-electron chi connectivity index (χ1n) is 7.79. The topological polar surface area (TPSA) is 17.1 Å². The number of fused-ring (bicyclic) bond motifs is 1. The lowest BCUT2D eigenvalue weighted by Crippen LogP contribution is -2.02. The standard InChI is InChI=1S/C21H20OP/c1-23(2)20-12-7-16(8-13-20)9-14-21(22)19-11-10-17-5-3-4-6-18(17)15-19/h3-8,10-13,15H,1,9,14H2,2H3/q+1. The van der Waals surface area contributed by atoms with Gasteiger partial charge in [0, 0.05) is 12.0 Å². The van der Waals surface area contributed by atoms with Crippen molar-refractivity contribution in [1.29, 1.82) is 0 Å². The van der Waals surface area contributed by atoms with Crippen LogP contribution in [0.4, 0.5) is 0 Å². The number of Topliss-reactive ketones (excluding diaryl/α,β-unsaturated/α-hetero) is 1. The molecule has 0 bridgehead atoms. The van der Waals surface area contributed by atoms with Gasteiger partial charge in [-0.2, -0.15) is 0 Å². The highest BCUT2D eigenvalue weighted by molar-refractivity contribution is 7.62. The van der Waals surface area contributed by atoms with Crippen LogP contribution in [0.1, 0.15) is 22.3 Å². The highest BCUT2D eigenvalue weighted by Crippen LogP contribution is 2.18. The fourth-order valence-corrected chi connectivity index (χ4v) is 3.34. The molecule has 3 aromatic rings. The molecule has 3 rings (SSSR count).